The molecule has 0 saturated carbocycles. The Kier molecular flexibility index (Phi) is 4.37. The van der Waals surface area contributed by atoms with E-state index < -0.39 is 0 Å². The standard InChI is InChI=1S/C17H16Cl2N4/c1-10(2)15-17(23-8-4-5-11(3)16(23)20-15)22-21-14-7-6-12(18)9-13(14)19/h4-10H,1-3H3. The molecule has 4 nitrogen and oxygen atoms in total. The highest BCUT2D eigenvalue weighted by Crippen LogP contribution is 2.33. The molecule has 0 fully saturated rings. The normalized spacial score (nSPS) is 11.9. The third kappa shape index (κ3) is 3.09. The summed E-state index contributed by atoms with van der Waals surface area (Å²) in [7, 11) is 0. The van der Waals surface area contributed by atoms with Crippen LogP contribution in [0, 0.1) is 6.92 Å². The first-order chi connectivity index (χ1) is 11.0. The van der Waals surface area contributed by atoms with E-state index in [9.17, 15) is 0 Å². The highest BCUT2D eigenvalue weighted by Gasteiger charge is 2.16. The number of benzene rings is 1. The highest BCUT2D eigenvalue weighted by molar-refractivity contribution is 6.36. The van der Waals surface area contributed by atoms with Gasteiger partial charge in [-0.25, -0.2) is 4.98 Å². The number of imidazole rings is 1. The Morgan fingerprint density at radius 2 is 1.91 bits per heavy atom. The molecule has 3 aromatic rings. The van der Waals surface area contributed by atoms with Gasteiger partial charge in [-0.2, -0.15) is 0 Å². The van der Waals surface area contributed by atoms with E-state index in [0.29, 0.717) is 15.7 Å². The van der Waals surface area contributed by atoms with E-state index in [2.05, 4.69) is 24.1 Å². The fraction of sp³-hybridized carbons (Fsp3) is 0.235. The van der Waals surface area contributed by atoms with Gasteiger partial charge in [0.15, 0.2) is 5.82 Å². The Hall–Kier alpha value is -1.91. The van der Waals surface area contributed by atoms with Gasteiger partial charge in [0.2, 0.25) is 0 Å². The Bertz CT molecular complexity index is 897. The lowest BCUT2D eigenvalue weighted by Crippen LogP contribution is -1.87. The summed E-state index contributed by atoms with van der Waals surface area (Å²) in [5.41, 5.74) is 3.48. The van der Waals surface area contributed by atoms with Crippen molar-refractivity contribution in [3.63, 3.8) is 0 Å². The van der Waals surface area contributed by atoms with E-state index in [1.165, 1.54) is 0 Å². The molecule has 0 radical (unpaired) electrons. The number of hydrogen-bond acceptors (Lipinski definition) is 3. The van der Waals surface area contributed by atoms with Crippen LogP contribution in [0.5, 0.6) is 0 Å². The van der Waals surface area contributed by atoms with Gasteiger partial charge in [0.1, 0.15) is 11.3 Å². The van der Waals surface area contributed by atoms with Gasteiger partial charge in [0, 0.05) is 11.2 Å². The number of aromatic nitrogens is 2. The molecule has 3 rings (SSSR count). The molecular weight excluding hydrogens is 331 g/mol. The van der Waals surface area contributed by atoms with E-state index >= 15 is 0 Å². The molecule has 0 bridgehead atoms. The Morgan fingerprint density at radius 3 is 2.61 bits per heavy atom. The number of nitrogens with zero attached hydrogens (tertiary/aromatic N) is 4. The van der Waals surface area contributed by atoms with Gasteiger partial charge in [-0.05, 0) is 42.7 Å². The topological polar surface area (TPSA) is 42.0 Å². The van der Waals surface area contributed by atoms with Crippen LogP contribution in [0.1, 0.15) is 31.0 Å². The molecule has 0 aliphatic heterocycles. The molecule has 0 unspecified atom stereocenters. The predicted molar refractivity (Wildman–Crippen MR) is 94.7 cm³/mol. The van der Waals surface area contributed by atoms with Crippen LogP contribution < -0.4 is 0 Å². The zero-order valence-electron chi connectivity index (χ0n) is 13.1. The van der Waals surface area contributed by atoms with E-state index in [4.69, 9.17) is 28.2 Å². The lowest BCUT2D eigenvalue weighted by molar-refractivity contribution is 0.831. The van der Waals surface area contributed by atoms with Gasteiger partial charge >= 0.3 is 0 Å². The number of hydrogen-bond donors (Lipinski definition) is 0. The van der Waals surface area contributed by atoms with Crippen molar-refractivity contribution >= 4 is 40.4 Å². The smallest absolute Gasteiger partial charge is 0.183 e. The monoisotopic (exact) mass is 346 g/mol. The SMILES string of the molecule is Cc1cccn2c(N=Nc3ccc(Cl)cc3Cl)c(C(C)C)nc12. The van der Waals surface area contributed by atoms with Crippen LogP contribution in [0.3, 0.4) is 0 Å². The maximum atomic E-state index is 6.15. The minimum absolute atomic E-state index is 0.240. The second-order valence-electron chi connectivity index (χ2n) is 5.66. The summed E-state index contributed by atoms with van der Waals surface area (Å²) in [4.78, 5) is 4.72. The molecule has 0 spiro atoms. The number of azo groups is 1. The van der Waals surface area contributed by atoms with Crippen LogP contribution in [0.2, 0.25) is 10.0 Å². The first kappa shape index (κ1) is 16.0. The molecule has 2 aromatic heterocycles. The zero-order valence-corrected chi connectivity index (χ0v) is 14.6. The van der Waals surface area contributed by atoms with Crippen molar-refractivity contribution in [1.82, 2.24) is 9.38 Å². The molecule has 118 valence electrons. The van der Waals surface area contributed by atoms with E-state index in [0.717, 1.165) is 22.7 Å². The summed E-state index contributed by atoms with van der Waals surface area (Å²) in [6.45, 7) is 6.21. The van der Waals surface area contributed by atoms with Crippen LogP contribution in [0.25, 0.3) is 5.65 Å². The fourth-order valence-electron chi connectivity index (χ4n) is 2.36. The largest absolute Gasteiger partial charge is 0.283 e. The predicted octanol–water partition coefficient (Wildman–Crippen LogP) is 6.49. The lowest BCUT2D eigenvalue weighted by Gasteiger charge is -2.02. The molecule has 0 amide bonds. The first-order valence-corrected chi connectivity index (χ1v) is 8.07. The van der Waals surface area contributed by atoms with Crippen molar-refractivity contribution in [1.29, 1.82) is 0 Å². The molecule has 1 aromatic carbocycles. The zero-order chi connectivity index (χ0) is 16.6. The summed E-state index contributed by atoms with van der Waals surface area (Å²) >= 11 is 12.1. The van der Waals surface area contributed by atoms with Gasteiger partial charge < -0.3 is 0 Å². The molecule has 23 heavy (non-hydrogen) atoms. The molecule has 0 saturated heterocycles. The highest BCUT2D eigenvalue weighted by atomic mass is 35.5. The first-order valence-electron chi connectivity index (χ1n) is 7.31. The lowest BCUT2D eigenvalue weighted by atomic mass is 10.1. The van der Waals surface area contributed by atoms with Crippen LogP contribution >= 0.6 is 23.2 Å². The minimum atomic E-state index is 0.240. The summed E-state index contributed by atoms with van der Waals surface area (Å²) in [5, 5.41) is 9.74. The van der Waals surface area contributed by atoms with Crippen LogP contribution in [0.15, 0.2) is 46.8 Å². The van der Waals surface area contributed by atoms with Crippen LogP contribution in [-0.4, -0.2) is 9.38 Å². The number of halogens is 2. The van der Waals surface area contributed by atoms with Crippen molar-refractivity contribution in [2.75, 3.05) is 0 Å². The van der Waals surface area contributed by atoms with Crippen LogP contribution in [-0.2, 0) is 0 Å². The number of rotatable bonds is 3. The second-order valence-corrected chi connectivity index (χ2v) is 6.50. The van der Waals surface area contributed by atoms with E-state index in [1.807, 2.05) is 29.7 Å². The Balaban J connectivity index is 2.13. The maximum Gasteiger partial charge on any atom is 0.183 e. The quantitative estimate of drug-likeness (QED) is 0.499. The molecule has 0 aliphatic carbocycles. The second kappa shape index (κ2) is 6.30. The summed E-state index contributed by atoms with van der Waals surface area (Å²) < 4.78 is 1.96. The maximum absolute atomic E-state index is 6.15. The molecule has 0 atom stereocenters. The van der Waals surface area contributed by atoms with Crippen molar-refractivity contribution in [2.24, 2.45) is 10.2 Å². The Morgan fingerprint density at radius 1 is 1.13 bits per heavy atom. The molecule has 0 N–H and O–H groups in total. The van der Waals surface area contributed by atoms with Crippen molar-refractivity contribution in [3.05, 3.63) is 57.8 Å². The molecule has 6 heteroatoms. The number of pyridine rings is 1. The van der Waals surface area contributed by atoms with E-state index in [-0.39, 0.29) is 5.92 Å². The molecular formula is C17H16Cl2N4. The van der Waals surface area contributed by atoms with Gasteiger partial charge in [-0.3, -0.25) is 4.40 Å². The third-order valence-corrected chi connectivity index (χ3v) is 4.09. The Labute approximate surface area is 144 Å². The number of fused-ring (bicyclic) bond motifs is 1. The van der Waals surface area contributed by atoms with Gasteiger partial charge in [0.05, 0.1) is 10.7 Å². The summed E-state index contributed by atoms with van der Waals surface area (Å²) in [6.07, 6.45) is 1.94. The molecule has 2 heterocycles. The average molecular weight is 347 g/mol. The third-order valence-electron chi connectivity index (χ3n) is 3.55. The summed E-state index contributed by atoms with van der Waals surface area (Å²) in [5.74, 6) is 0.966. The van der Waals surface area contributed by atoms with E-state index in [1.54, 1.807) is 18.2 Å². The van der Waals surface area contributed by atoms with Crippen LogP contribution in [0.4, 0.5) is 11.5 Å². The van der Waals surface area contributed by atoms with Gasteiger partial charge in [-0.1, -0.05) is 43.1 Å². The minimum Gasteiger partial charge on any atom is -0.283 e. The fourth-order valence-corrected chi connectivity index (χ4v) is 2.81. The van der Waals surface area contributed by atoms with Crippen molar-refractivity contribution < 1.29 is 0 Å². The van der Waals surface area contributed by atoms with Crippen molar-refractivity contribution in [2.45, 2.75) is 26.7 Å². The average Bonchev–Trinajstić information content (AvgIpc) is 2.87. The molecule has 0 aliphatic rings. The van der Waals surface area contributed by atoms with Gasteiger partial charge in [-0.15, -0.1) is 10.2 Å². The summed E-state index contributed by atoms with van der Waals surface area (Å²) in [6, 6.07) is 9.15. The van der Waals surface area contributed by atoms with Gasteiger partial charge in [0.25, 0.3) is 0 Å². The van der Waals surface area contributed by atoms with Crippen molar-refractivity contribution in [3.8, 4) is 0 Å². The number of aryl methyl sites for hydroxylation is 1.